The molecule has 26 heavy (non-hydrogen) atoms. The molecule has 2 fully saturated rings. The van der Waals surface area contributed by atoms with Crippen LogP contribution in [0.1, 0.15) is 0 Å². The monoisotopic (exact) mass is 424 g/mol. The van der Waals surface area contributed by atoms with Crippen molar-refractivity contribution in [3.63, 3.8) is 0 Å². The smallest absolute Gasteiger partial charge is 0.240 e. The first-order valence-electron chi connectivity index (χ1n) is 7.99. The maximum Gasteiger partial charge on any atom is 0.240 e. The summed E-state index contributed by atoms with van der Waals surface area (Å²) in [5.41, 5.74) is 0.583. The van der Waals surface area contributed by atoms with E-state index in [1.165, 1.54) is 24.3 Å². The second kappa shape index (κ2) is 10.9. The van der Waals surface area contributed by atoms with E-state index in [0.717, 1.165) is 11.6 Å². The van der Waals surface area contributed by atoms with E-state index in [4.69, 9.17) is 0 Å². The Morgan fingerprint density at radius 3 is 2.38 bits per heavy atom. The molecule has 10 heteroatoms. The van der Waals surface area contributed by atoms with E-state index < -0.39 is 0 Å². The molecular formula is C16H23Cl2FN4O2S. The van der Waals surface area contributed by atoms with Gasteiger partial charge in [-0.25, -0.2) is 4.39 Å². The van der Waals surface area contributed by atoms with Crippen molar-refractivity contribution in [3.05, 3.63) is 30.1 Å². The van der Waals surface area contributed by atoms with Gasteiger partial charge >= 0.3 is 0 Å². The van der Waals surface area contributed by atoms with Gasteiger partial charge in [-0.05, 0) is 24.3 Å². The Labute approximate surface area is 169 Å². The summed E-state index contributed by atoms with van der Waals surface area (Å²) in [5, 5.41) is 5.95. The molecule has 6 nitrogen and oxygen atoms in total. The van der Waals surface area contributed by atoms with E-state index in [9.17, 15) is 14.0 Å². The van der Waals surface area contributed by atoms with Crippen molar-refractivity contribution in [1.29, 1.82) is 0 Å². The quantitative estimate of drug-likeness (QED) is 0.764. The van der Waals surface area contributed by atoms with Crippen LogP contribution >= 0.6 is 36.6 Å². The molecule has 3 rings (SSSR count). The first kappa shape index (κ1) is 23.0. The normalized spacial score (nSPS) is 20.0. The first-order valence-corrected chi connectivity index (χ1v) is 9.15. The van der Waals surface area contributed by atoms with Crippen LogP contribution in [0.4, 0.5) is 10.1 Å². The fourth-order valence-corrected chi connectivity index (χ4v) is 3.77. The van der Waals surface area contributed by atoms with Crippen LogP contribution in [0, 0.1) is 5.82 Å². The molecule has 2 heterocycles. The van der Waals surface area contributed by atoms with Gasteiger partial charge < -0.3 is 10.2 Å². The van der Waals surface area contributed by atoms with Gasteiger partial charge in [0.15, 0.2) is 0 Å². The number of hydrogen-bond acceptors (Lipinski definition) is 5. The van der Waals surface area contributed by atoms with Crippen molar-refractivity contribution in [3.8, 4) is 0 Å². The number of rotatable bonds is 4. The summed E-state index contributed by atoms with van der Waals surface area (Å²) in [6, 6.07) is 5.64. The van der Waals surface area contributed by atoms with Crippen molar-refractivity contribution in [2.24, 2.45) is 0 Å². The minimum absolute atomic E-state index is 0. The number of carbonyl (C=O) groups is 2. The minimum Gasteiger partial charge on any atom is -0.339 e. The van der Waals surface area contributed by atoms with Crippen molar-refractivity contribution >= 4 is 54.1 Å². The Morgan fingerprint density at radius 2 is 1.81 bits per heavy atom. The van der Waals surface area contributed by atoms with Crippen molar-refractivity contribution < 1.29 is 14.0 Å². The number of amides is 2. The topological polar surface area (TPSA) is 64.7 Å². The molecule has 0 aliphatic carbocycles. The fourth-order valence-electron chi connectivity index (χ4n) is 2.84. The maximum atomic E-state index is 12.9. The molecule has 146 valence electrons. The third-order valence-corrected chi connectivity index (χ3v) is 5.13. The van der Waals surface area contributed by atoms with Gasteiger partial charge in [-0.1, -0.05) is 0 Å². The average Bonchev–Trinajstić information content (AvgIpc) is 3.11. The van der Waals surface area contributed by atoms with E-state index in [1.54, 1.807) is 11.8 Å². The molecular weight excluding hydrogens is 402 g/mol. The molecule has 2 N–H and O–H groups in total. The van der Waals surface area contributed by atoms with Crippen molar-refractivity contribution in [2.45, 2.75) is 6.04 Å². The lowest BCUT2D eigenvalue weighted by Crippen LogP contribution is -2.54. The van der Waals surface area contributed by atoms with Gasteiger partial charge in [-0.2, -0.15) is 0 Å². The van der Waals surface area contributed by atoms with E-state index >= 15 is 0 Å². The summed E-state index contributed by atoms with van der Waals surface area (Å²) in [4.78, 5) is 28.3. The van der Waals surface area contributed by atoms with E-state index in [0.29, 0.717) is 31.9 Å². The summed E-state index contributed by atoms with van der Waals surface area (Å²) in [6.07, 6.45) is 0. The molecule has 2 aliphatic heterocycles. The van der Waals surface area contributed by atoms with E-state index in [1.807, 2.05) is 9.80 Å². The van der Waals surface area contributed by atoms with Gasteiger partial charge in [0.1, 0.15) is 5.82 Å². The number of benzene rings is 1. The number of carbonyl (C=O) groups excluding carboxylic acids is 2. The number of nitrogens with one attached hydrogen (secondary N) is 2. The zero-order chi connectivity index (χ0) is 16.9. The Bertz CT molecular complexity index is 594. The van der Waals surface area contributed by atoms with Gasteiger partial charge in [0.05, 0.1) is 12.6 Å². The number of hydrogen-bond donors (Lipinski definition) is 2. The summed E-state index contributed by atoms with van der Waals surface area (Å²) < 4.78 is 12.9. The number of halogens is 3. The van der Waals surface area contributed by atoms with Crippen LogP contribution in [0.5, 0.6) is 0 Å². The molecule has 2 amide bonds. The molecule has 0 bridgehead atoms. The van der Waals surface area contributed by atoms with Crippen LogP contribution in [-0.2, 0) is 9.59 Å². The van der Waals surface area contributed by atoms with Gasteiger partial charge in [0, 0.05) is 43.5 Å². The second-order valence-electron chi connectivity index (χ2n) is 5.93. The standard InChI is InChI=1S/C16H21FN4O2S.2ClH/c17-12-1-3-13(4-2-12)19-15(22)9-20-5-7-21(8-6-20)16(23)14-10-24-11-18-14;;/h1-4,14,18H,5-11H2,(H,19,22);2*1H. The molecule has 1 unspecified atom stereocenters. The van der Waals surface area contributed by atoms with Crippen LogP contribution in [0.25, 0.3) is 0 Å². The lowest BCUT2D eigenvalue weighted by atomic mass is 10.2. The summed E-state index contributed by atoms with van der Waals surface area (Å²) >= 11 is 1.74. The van der Waals surface area contributed by atoms with Gasteiger partial charge in [0.2, 0.25) is 11.8 Å². The predicted octanol–water partition coefficient (Wildman–Crippen LogP) is 1.41. The Morgan fingerprint density at radius 1 is 1.15 bits per heavy atom. The molecule has 0 radical (unpaired) electrons. The molecule has 0 aromatic heterocycles. The van der Waals surface area contributed by atoms with Crippen LogP contribution < -0.4 is 10.6 Å². The zero-order valence-electron chi connectivity index (χ0n) is 14.2. The number of piperazine rings is 1. The third kappa shape index (κ3) is 6.28. The second-order valence-corrected chi connectivity index (χ2v) is 6.96. The number of thioether (sulfide) groups is 1. The van der Waals surface area contributed by atoms with Gasteiger partial charge in [-0.3, -0.25) is 19.8 Å². The Balaban J connectivity index is 0.00000169. The molecule has 2 saturated heterocycles. The Hall–Kier alpha value is -1.06. The molecule has 0 saturated carbocycles. The van der Waals surface area contributed by atoms with E-state index in [-0.39, 0.29) is 55.0 Å². The van der Waals surface area contributed by atoms with Gasteiger partial charge in [0.25, 0.3) is 0 Å². The lowest BCUT2D eigenvalue weighted by molar-refractivity contribution is -0.134. The molecule has 1 atom stereocenters. The maximum absolute atomic E-state index is 12.9. The highest BCUT2D eigenvalue weighted by molar-refractivity contribution is 7.99. The van der Waals surface area contributed by atoms with Crippen LogP contribution in [-0.4, -0.2) is 72.0 Å². The molecule has 2 aliphatic rings. The first-order chi connectivity index (χ1) is 11.6. The fraction of sp³-hybridized carbons (Fsp3) is 0.500. The summed E-state index contributed by atoms with van der Waals surface area (Å²) in [7, 11) is 0. The highest BCUT2D eigenvalue weighted by atomic mass is 35.5. The van der Waals surface area contributed by atoms with Gasteiger partial charge in [-0.15, -0.1) is 36.6 Å². The zero-order valence-corrected chi connectivity index (χ0v) is 16.6. The predicted molar refractivity (Wildman–Crippen MR) is 107 cm³/mol. The summed E-state index contributed by atoms with van der Waals surface area (Å²) in [5.74, 6) is 1.37. The molecule has 1 aromatic carbocycles. The number of anilines is 1. The summed E-state index contributed by atoms with van der Waals surface area (Å²) in [6.45, 7) is 2.93. The number of nitrogens with zero attached hydrogens (tertiary/aromatic N) is 2. The lowest BCUT2D eigenvalue weighted by Gasteiger charge is -2.35. The van der Waals surface area contributed by atoms with E-state index in [2.05, 4.69) is 10.6 Å². The highest BCUT2D eigenvalue weighted by Gasteiger charge is 2.29. The highest BCUT2D eigenvalue weighted by Crippen LogP contribution is 2.13. The molecule has 1 aromatic rings. The van der Waals surface area contributed by atoms with Crippen molar-refractivity contribution in [2.75, 3.05) is 49.7 Å². The average molecular weight is 425 g/mol. The van der Waals surface area contributed by atoms with Crippen LogP contribution in [0.3, 0.4) is 0 Å². The third-order valence-electron chi connectivity index (χ3n) is 4.19. The van der Waals surface area contributed by atoms with Crippen molar-refractivity contribution in [1.82, 2.24) is 15.1 Å². The van der Waals surface area contributed by atoms with Crippen LogP contribution in [0.15, 0.2) is 24.3 Å². The Kier molecular flexibility index (Phi) is 9.67. The van der Waals surface area contributed by atoms with Crippen LogP contribution in [0.2, 0.25) is 0 Å². The largest absolute Gasteiger partial charge is 0.339 e. The molecule has 0 spiro atoms. The SMILES string of the molecule is Cl.Cl.O=C(CN1CCN(C(=O)C2CSCN2)CC1)Nc1ccc(F)cc1. The minimum atomic E-state index is -0.330.